The van der Waals surface area contributed by atoms with Crippen LogP contribution in [0.1, 0.15) is 121 Å². The molecular weight excluding hydrogens is 783 g/mol. The number of unbranched alkanes of at least 4 members (excludes halogenated alkanes) is 1. The zero-order valence-corrected chi connectivity index (χ0v) is 40.5. The molecule has 1 aliphatic rings. The van der Waals surface area contributed by atoms with E-state index < -0.39 is 5.54 Å². The molecule has 7 N–H and O–H groups in total. The molecule has 2 amide bonds. The molecule has 5 rings (SSSR count). The van der Waals surface area contributed by atoms with Gasteiger partial charge in [-0.3, -0.25) is 9.59 Å². The standard InChI is InChI=1S/C49H77N7O2S2/c1-44(2,52-31-46(5,6)54-33-48(9,10)56-40(57)19-14-13-18-38-26-27-59-60-38)29-51-45(3,4)30-53-47(7,8)32-55-49(11,12)43(58)50-28-37-23-22-36-21-20-34-16-15-17-35-24-25-39(37)42(36)41(34)35/h15-17,20-25,38,51-55H,13-14,18-19,26-33H2,1-12H3,(H,50,58)(H,56,57). The van der Waals surface area contributed by atoms with E-state index in [1.165, 1.54) is 50.9 Å². The smallest absolute Gasteiger partial charge is 0.239 e. The maximum absolute atomic E-state index is 13.6. The summed E-state index contributed by atoms with van der Waals surface area (Å²) < 4.78 is 0. The summed E-state index contributed by atoms with van der Waals surface area (Å²) in [6, 6.07) is 19.5. The first-order chi connectivity index (χ1) is 28.0. The average molecular weight is 860 g/mol. The molecule has 60 heavy (non-hydrogen) atoms. The fraction of sp³-hybridized carbons (Fsp3) is 0.633. The molecule has 4 aromatic carbocycles. The minimum absolute atomic E-state index is 0.0244. The maximum atomic E-state index is 13.6. The summed E-state index contributed by atoms with van der Waals surface area (Å²) in [5.41, 5.74) is -0.721. The molecule has 1 heterocycles. The van der Waals surface area contributed by atoms with E-state index in [1.807, 2.05) is 35.4 Å². The third kappa shape index (κ3) is 14.2. The molecule has 9 nitrogen and oxygen atoms in total. The Labute approximate surface area is 369 Å². The van der Waals surface area contributed by atoms with Crippen LogP contribution in [0.2, 0.25) is 0 Å². The number of hydrogen-bond donors (Lipinski definition) is 7. The zero-order chi connectivity index (χ0) is 44.0. The van der Waals surface area contributed by atoms with E-state index in [1.54, 1.807) is 0 Å². The van der Waals surface area contributed by atoms with Crippen molar-refractivity contribution < 1.29 is 9.59 Å². The third-order valence-electron chi connectivity index (χ3n) is 12.0. The first-order valence-electron chi connectivity index (χ1n) is 22.2. The number of nitrogens with one attached hydrogen (secondary N) is 7. The molecule has 11 heteroatoms. The lowest BCUT2D eigenvalue weighted by molar-refractivity contribution is -0.126. The lowest BCUT2D eigenvalue weighted by Gasteiger charge is -2.39. The van der Waals surface area contributed by atoms with Crippen molar-refractivity contribution in [2.75, 3.05) is 38.5 Å². The first kappa shape index (κ1) is 48.4. The predicted molar refractivity (Wildman–Crippen MR) is 262 cm³/mol. The van der Waals surface area contributed by atoms with Gasteiger partial charge in [-0.15, -0.1) is 0 Å². The fourth-order valence-corrected chi connectivity index (χ4v) is 10.7. The van der Waals surface area contributed by atoms with E-state index in [-0.39, 0.29) is 39.5 Å². The van der Waals surface area contributed by atoms with E-state index in [9.17, 15) is 9.59 Å². The predicted octanol–water partition coefficient (Wildman–Crippen LogP) is 8.65. The van der Waals surface area contributed by atoms with E-state index in [0.29, 0.717) is 26.1 Å². The minimum atomic E-state index is -0.759. The summed E-state index contributed by atoms with van der Waals surface area (Å²) in [5.74, 6) is 1.39. The van der Waals surface area contributed by atoms with Gasteiger partial charge >= 0.3 is 0 Å². The lowest BCUT2D eigenvalue weighted by atomic mass is 9.92. The molecule has 0 aliphatic carbocycles. The van der Waals surface area contributed by atoms with Crippen molar-refractivity contribution in [3.05, 3.63) is 60.2 Å². The molecule has 0 bridgehead atoms. The molecule has 0 aromatic heterocycles. The average Bonchev–Trinajstić information content (AvgIpc) is 3.71. The number of rotatable bonds is 24. The van der Waals surface area contributed by atoms with Crippen molar-refractivity contribution >= 4 is 65.7 Å². The second kappa shape index (κ2) is 19.8. The molecule has 0 radical (unpaired) electrons. The van der Waals surface area contributed by atoms with Crippen LogP contribution < -0.4 is 37.2 Å². The van der Waals surface area contributed by atoms with Crippen LogP contribution >= 0.6 is 21.6 Å². The lowest BCUT2D eigenvalue weighted by Crippen LogP contribution is -2.63. The molecule has 1 aliphatic heterocycles. The largest absolute Gasteiger partial charge is 0.350 e. The van der Waals surface area contributed by atoms with Crippen LogP contribution in [0, 0.1) is 0 Å². The summed E-state index contributed by atoms with van der Waals surface area (Å²) in [5, 5.41) is 33.3. The molecule has 1 unspecified atom stereocenters. The van der Waals surface area contributed by atoms with Crippen molar-refractivity contribution in [3.63, 3.8) is 0 Å². The minimum Gasteiger partial charge on any atom is -0.350 e. The van der Waals surface area contributed by atoms with Crippen LogP contribution in [-0.2, 0) is 16.1 Å². The van der Waals surface area contributed by atoms with Gasteiger partial charge in [-0.25, -0.2) is 0 Å². The second-order valence-electron chi connectivity index (χ2n) is 21.2. The van der Waals surface area contributed by atoms with Gasteiger partial charge in [0.15, 0.2) is 0 Å². The number of amides is 2. The molecule has 332 valence electrons. The second-order valence-corrected chi connectivity index (χ2v) is 24.0. The quantitative estimate of drug-likeness (QED) is 0.0211. The van der Waals surface area contributed by atoms with Crippen molar-refractivity contribution in [1.29, 1.82) is 0 Å². The number of carbonyl (C=O) groups excluding carboxylic acids is 2. The van der Waals surface area contributed by atoms with E-state index in [2.05, 4.69) is 161 Å². The number of benzene rings is 4. The molecule has 1 fully saturated rings. The van der Waals surface area contributed by atoms with Crippen molar-refractivity contribution in [3.8, 4) is 0 Å². The van der Waals surface area contributed by atoms with Gasteiger partial charge in [0.05, 0.1) is 5.54 Å². The summed E-state index contributed by atoms with van der Waals surface area (Å²) in [7, 11) is 4.01. The highest BCUT2D eigenvalue weighted by atomic mass is 33.1. The third-order valence-corrected chi connectivity index (χ3v) is 15.0. The van der Waals surface area contributed by atoms with Gasteiger partial charge in [0.2, 0.25) is 11.8 Å². The van der Waals surface area contributed by atoms with E-state index in [0.717, 1.165) is 43.3 Å². The fourth-order valence-electron chi connectivity index (χ4n) is 7.67. The first-order valence-corrected chi connectivity index (χ1v) is 24.6. The van der Waals surface area contributed by atoms with Gasteiger partial charge in [-0.05, 0) is 140 Å². The Morgan fingerprint density at radius 3 is 1.65 bits per heavy atom. The normalized spacial score (nSPS) is 16.0. The van der Waals surface area contributed by atoms with Gasteiger partial charge in [0.1, 0.15) is 0 Å². The van der Waals surface area contributed by atoms with Crippen LogP contribution in [0.5, 0.6) is 0 Å². The van der Waals surface area contributed by atoms with Gasteiger partial charge in [-0.2, -0.15) is 0 Å². The Morgan fingerprint density at radius 2 is 1.10 bits per heavy atom. The van der Waals surface area contributed by atoms with Crippen molar-refractivity contribution in [1.82, 2.24) is 37.2 Å². The van der Waals surface area contributed by atoms with Crippen LogP contribution in [-0.4, -0.2) is 88.8 Å². The van der Waals surface area contributed by atoms with Crippen LogP contribution in [0.4, 0.5) is 0 Å². The highest BCUT2D eigenvalue weighted by Crippen LogP contribution is 2.40. The van der Waals surface area contributed by atoms with Gasteiger partial charge in [-0.1, -0.05) is 82.6 Å². The molecular formula is C49H77N7O2S2. The number of hydrogen-bond acceptors (Lipinski definition) is 9. The van der Waals surface area contributed by atoms with Crippen molar-refractivity contribution in [2.45, 2.75) is 160 Å². The van der Waals surface area contributed by atoms with Gasteiger partial charge < -0.3 is 37.2 Å². The Kier molecular flexibility index (Phi) is 16.0. The maximum Gasteiger partial charge on any atom is 0.239 e. The van der Waals surface area contributed by atoms with Crippen molar-refractivity contribution in [2.24, 2.45) is 0 Å². The van der Waals surface area contributed by atoms with Crippen LogP contribution in [0.15, 0.2) is 54.6 Å². The highest BCUT2D eigenvalue weighted by molar-refractivity contribution is 8.77. The zero-order valence-electron chi connectivity index (χ0n) is 38.9. The Morgan fingerprint density at radius 1 is 0.600 bits per heavy atom. The molecule has 1 atom stereocenters. The summed E-state index contributed by atoms with van der Waals surface area (Å²) in [4.78, 5) is 26.3. The Balaban J connectivity index is 1.00. The molecule has 1 saturated heterocycles. The van der Waals surface area contributed by atoms with Crippen LogP contribution in [0.3, 0.4) is 0 Å². The SMILES string of the molecule is CC(C)(CNC(C)(C)CNC(C)(C)CNC(C)(C)C(=O)NCc1ccc2ccc3cccc4ccc1c2c34)NCC(C)(C)NCC(C)(C)NC(=O)CCCCC1CCSS1. The topological polar surface area (TPSA) is 118 Å². The summed E-state index contributed by atoms with van der Waals surface area (Å²) in [6.45, 7) is 29.9. The van der Waals surface area contributed by atoms with Gasteiger partial charge in [0.25, 0.3) is 0 Å². The number of carbonyl (C=O) groups is 2. The van der Waals surface area contributed by atoms with E-state index >= 15 is 0 Å². The Bertz CT molecular complexity index is 2020. The molecule has 4 aromatic rings. The van der Waals surface area contributed by atoms with Crippen LogP contribution in [0.25, 0.3) is 32.3 Å². The Hall–Kier alpha value is -2.64. The van der Waals surface area contributed by atoms with E-state index in [4.69, 9.17) is 0 Å². The molecule has 0 saturated carbocycles. The summed E-state index contributed by atoms with van der Waals surface area (Å²) >= 11 is 0. The monoisotopic (exact) mass is 860 g/mol. The summed E-state index contributed by atoms with van der Waals surface area (Å²) in [6.07, 6.45) is 5.22. The highest BCUT2D eigenvalue weighted by Gasteiger charge is 2.32. The molecule has 0 spiro atoms. The van der Waals surface area contributed by atoms with Gasteiger partial charge in [0, 0.05) is 84.4 Å².